The van der Waals surface area contributed by atoms with Crippen LogP contribution in [0.1, 0.15) is 151 Å². The van der Waals surface area contributed by atoms with Gasteiger partial charge in [0.1, 0.15) is 53.3 Å². The molecule has 5 N–H and O–H groups in total. The van der Waals surface area contributed by atoms with Gasteiger partial charge in [-0.1, -0.05) is 177 Å². The van der Waals surface area contributed by atoms with Crippen LogP contribution in [0.2, 0.25) is 0 Å². The molecule has 10 rings (SSSR count). The van der Waals surface area contributed by atoms with Crippen LogP contribution in [0.4, 0.5) is 21.2 Å². The van der Waals surface area contributed by atoms with Gasteiger partial charge in [0.05, 0.1) is 53.7 Å². The van der Waals surface area contributed by atoms with Gasteiger partial charge in [0.15, 0.2) is 5.78 Å². The zero-order valence-corrected chi connectivity index (χ0v) is 71.4. The van der Waals surface area contributed by atoms with Crippen molar-refractivity contribution in [2.24, 2.45) is 0 Å². The minimum absolute atomic E-state index is 0. The Labute approximate surface area is 708 Å². The topological polar surface area (TPSA) is 291 Å². The number of esters is 2. The number of benzene rings is 8. The summed E-state index contributed by atoms with van der Waals surface area (Å²) < 4.78 is 44.5. The number of hydrogen-bond acceptors (Lipinski definition) is 17. The van der Waals surface area contributed by atoms with E-state index < -0.39 is 46.6 Å². The number of ether oxygens (including phenoxy) is 6. The third-order valence-corrected chi connectivity index (χ3v) is 17.9. The van der Waals surface area contributed by atoms with Crippen LogP contribution in [0.25, 0.3) is 43.8 Å². The van der Waals surface area contributed by atoms with Gasteiger partial charge in [-0.05, 0) is 174 Å². The first kappa shape index (κ1) is 93.2. The summed E-state index contributed by atoms with van der Waals surface area (Å²) in [5.41, 5.74) is 8.67. The molecule has 10 aromatic rings. The smallest absolute Gasteiger partial charge is 0.416 e. The van der Waals surface area contributed by atoms with Crippen molar-refractivity contribution >= 4 is 101 Å². The number of anilines is 2. The summed E-state index contributed by atoms with van der Waals surface area (Å²) in [4.78, 5) is 109. The summed E-state index contributed by atoms with van der Waals surface area (Å²) in [5, 5.41) is 15.1. The maximum atomic E-state index is 13.2. The van der Waals surface area contributed by atoms with Crippen molar-refractivity contribution in [3.63, 3.8) is 0 Å². The number of carbonyl (C=O) groups is 8. The minimum Gasteiger partial charge on any atom is -0.488 e. The second-order valence-electron chi connectivity index (χ2n) is 28.6. The van der Waals surface area contributed by atoms with Crippen molar-refractivity contribution in [3.05, 3.63) is 252 Å². The Morgan fingerprint density at radius 3 is 1.34 bits per heavy atom. The van der Waals surface area contributed by atoms with E-state index >= 15 is 0 Å². The Morgan fingerprint density at radius 2 is 0.922 bits per heavy atom. The van der Waals surface area contributed by atoms with Crippen LogP contribution in [0.15, 0.2) is 219 Å². The third kappa shape index (κ3) is 31.6. The Morgan fingerprint density at radius 1 is 0.513 bits per heavy atom. The number of hydrogen-bond donors (Lipinski definition) is 3. The molecule has 3 amide bonds. The number of amides is 3. The van der Waals surface area contributed by atoms with Crippen molar-refractivity contribution in [2.75, 3.05) is 43.7 Å². The van der Waals surface area contributed by atoms with E-state index in [1.807, 2.05) is 172 Å². The molecule has 8 aromatic carbocycles. The molecular weight excluding hydrogens is 1700 g/mol. The first-order chi connectivity index (χ1) is 54.5. The molecule has 0 saturated heterocycles. The van der Waals surface area contributed by atoms with Gasteiger partial charge in [-0.3, -0.25) is 38.6 Å². The van der Waals surface area contributed by atoms with Gasteiger partial charge in [-0.15, -0.1) is 11.6 Å². The van der Waals surface area contributed by atoms with Gasteiger partial charge in [-0.25, -0.2) is 19.6 Å². The molecule has 0 unspecified atom stereocenters. The molecule has 21 nitrogen and oxygen atoms in total. The number of halogens is 1. The standard InChI is InChI=1S/C45H49N3O7.C27H23ClO3.C18H26N2O5.CH4.BH2.H3N.U/c1-31-23-24-46-41(26-31)48(44(52)55-45(2,3)4)25-11-16-42(50)47-29-36(49)27-35(28-43(51)53-5)33-17-19-34(20-18-33)37-21-22-40(39-15-10-9-14-38(37)39)54-30-32-12-7-6-8-13-32;1-30-27(29)17-25(28)21-13-11-20(12-14-21)22-15-16-26(24-10-6-5-9-23(22)24)31-18-19-7-3-2-4-8-19;1-13-9-10-19-15(12-13)20(17(24)25-18(2,3)4)11-5-6-14(21)7-8-16(22)23;;;;/h6-10,12-15,17-24,26,35H,11,16,25,27-30H2,1-5H3,(H,47,50);2-16,25H,17-18H2,1H3;9-10,12H,5-8,11H2,1-4H3,(H,22,23);1H4;1H2;1H3;/t35-;25-;;;;;/m00...../s1/i;;;;1T2;;. The molecule has 0 aliphatic carbocycles. The molecular formula is C91H107BClN6O15U. The first-order valence-corrected chi connectivity index (χ1v) is 37.3. The number of rotatable bonds is 31. The number of carbonyl (C=O) groups excluding carboxylic acids is 7. The minimum atomic E-state index is -0.993. The predicted molar refractivity (Wildman–Crippen MR) is 453 cm³/mol. The number of alkyl halides is 1. The number of aromatic nitrogens is 2. The number of methoxy groups -OCH3 is 2. The molecule has 0 fully saturated rings. The van der Waals surface area contributed by atoms with Crippen molar-refractivity contribution in [3.8, 4) is 33.8 Å². The van der Waals surface area contributed by atoms with E-state index in [0.29, 0.717) is 46.0 Å². The molecule has 0 spiro atoms. The van der Waals surface area contributed by atoms with Gasteiger partial charge >= 0.3 is 30.1 Å². The number of aliphatic carboxylic acids is 1. The number of nitrogens with one attached hydrogen (secondary N) is 1. The van der Waals surface area contributed by atoms with Gasteiger partial charge in [-0.2, -0.15) is 0 Å². The summed E-state index contributed by atoms with van der Waals surface area (Å²) >= 11 is 6.36. The largest absolute Gasteiger partial charge is 0.488 e. The van der Waals surface area contributed by atoms with Gasteiger partial charge in [0.25, 0.3) is 0 Å². The van der Waals surface area contributed by atoms with E-state index in [-0.39, 0.29) is 133 Å². The molecule has 115 heavy (non-hydrogen) atoms. The van der Waals surface area contributed by atoms with Crippen LogP contribution in [-0.2, 0) is 60.9 Å². The number of aryl methyl sites for hydroxylation is 2. The molecule has 2 aromatic heterocycles. The molecule has 0 saturated carbocycles. The fourth-order valence-corrected chi connectivity index (χ4v) is 12.2. The Bertz CT molecular complexity index is 4830. The predicted octanol–water partition coefficient (Wildman–Crippen LogP) is 18.9. The fraction of sp³-hybridized carbons (Fsp3) is 0.319. The van der Waals surface area contributed by atoms with Crippen LogP contribution in [0.3, 0.4) is 0 Å². The fourth-order valence-electron chi connectivity index (χ4n) is 11.9. The van der Waals surface area contributed by atoms with E-state index in [0.717, 1.165) is 88.7 Å². The van der Waals surface area contributed by atoms with E-state index in [1.165, 1.54) is 24.0 Å². The van der Waals surface area contributed by atoms with Gasteiger partial charge < -0.3 is 45.0 Å². The molecule has 605 valence electrons. The molecule has 0 bridgehead atoms. The number of nitrogens with zero attached hydrogens (tertiary/aromatic N) is 4. The van der Waals surface area contributed by atoms with E-state index in [2.05, 4.69) is 51.7 Å². The zero-order valence-electron chi connectivity index (χ0n) is 68.5. The van der Waals surface area contributed by atoms with Crippen LogP contribution in [-0.4, -0.2) is 119 Å². The van der Waals surface area contributed by atoms with Crippen LogP contribution in [0.5, 0.6) is 11.5 Å². The van der Waals surface area contributed by atoms with E-state index in [9.17, 15) is 38.4 Å². The summed E-state index contributed by atoms with van der Waals surface area (Å²) in [6, 6.07) is 67.7. The molecule has 2 heterocycles. The van der Waals surface area contributed by atoms with Gasteiger partial charge in [0, 0.05) is 99.0 Å². The van der Waals surface area contributed by atoms with Gasteiger partial charge in [0.2, 0.25) is 5.91 Å². The second-order valence-corrected chi connectivity index (χ2v) is 29.2. The molecule has 24 heteroatoms. The summed E-state index contributed by atoms with van der Waals surface area (Å²) in [5.74, 6) is -0.310. The first-order valence-electron chi connectivity index (χ1n) is 38.0. The normalized spacial score (nSPS) is 11.3. The second kappa shape index (κ2) is 47.9. The number of carboxylic acid groups (broad SMARTS) is 1. The SMILES string of the molecule is C.COC(=O)C[C@H](CC(=O)CNC(=O)CCCN(C(=O)OC(C)(C)C)c1cc(C)ccn1)c1ccc(-c2ccc(OCc3ccccc3)c3ccccc23)cc1.COC(=O)C[C@H](Cl)c1ccc(-c2ccc(OCc3ccccc3)c3ccccc23)cc1.Cc1ccnc(N(CCCC(=O)CCC(=O)O)C(=O)OC(C)(C)C)c1.N.[3H][B][3H].[U]. The Kier molecular flexibility index (Phi) is 38.8. The Balaban J connectivity index is 0.000000393. The maximum absolute atomic E-state index is 13.2. The summed E-state index contributed by atoms with van der Waals surface area (Å²) in [6.45, 7) is 15.8. The van der Waals surface area contributed by atoms with E-state index in [1.54, 1.807) is 66.1 Å². The van der Waals surface area contributed by atoms with Crippen molar-refractivity contribution < 1.29 is 103 Å². The van der Waals surface area contributed by atoms with Crippen molar-refractivity contribution in [1.29, 1.82) is 2.67 Å². The number of pyridine rings is 2. The van der Waals surface area contributed by atoms with Crippen LogP contribution in [0, 0.1) is 45.0 Å². The van der Waals surface area contributed by atoms with Crippen molar-refractivity contribution in [2.45, 2.75) is 156 Å². The number of fused-ring (bicyclic) bond motifs is 2. The molecule has 0 aliphatic heterocycles. The monoisotopic (exact) mass is 1810 g/mol. The van der Waals surface area contributed by atoms with Crippen LogP contribution >= 0.6 is 11.6 Å². The zero-order chi connectivity index (χ0) is 82.7. The quantitative estimate of drug-likeness (QED) is 0.0157. The third-order valence-electron chi connectivity index (χ3n) is 17.5. The molecule has 1 radical (unpaired) electrons. The number of Topliss-reactive ketones (excluding diaryl/α,β-unsaturated/α-hetero) is 2. The number of ketones is 2. The van der Waals surface area contributed by atoms with E-state index in [4.69, 9.17) is 47.8 Å². The number of carboxylic acids is 1. The Hall–Kier alpha value is -10.7. The molecule has 0 aliphatic rings. The summed E-state index contributed by atoms with van der Waals surface area (Å²) in [6.07, 6.45) is 3.20. The average molecular weight is 1810 g/mol. The summed E-state index contributed by atoms with van der Waals surface area (Å²) in [7, 11) is 3.19. The maximum Gasteiger partial charge on any atom is 0.416 e. The van der Waals surface area contributed by atoms with Crippen LogP contribution < -0.4 is 30.7 Å². The molecule has 2 atom stereocenters. The average Bonchev–Trinajstić information content (AvgIpc) is 0.788. The van der Waals surface area contributed by atoms with Crippen molar-refractivity contribution in [1.82, 2.24) is 21.4 Å².